The predicted octanol–water partition coefficient (Wildman–Crippen LogP) is 5.26. The maximum absolute atomic E-state index is 14.3. The zero-order chi connectivity index (χ0) is 16.7. The smallest absolute Gasteiger partial charge is 0.169 e. The van der Waals surface area contributed by atoms with Gasteiger partial charge in [-0.3, -0.25) is 0 Å². The second kappa shape index (κ2) is 6.17. The Labute approximate surface area is 134 Å². The molecule has 0 fully saturated rings. The largest absolute Gasteiger partial charge is 0.373 e. The first kappa shape index (κ1) is 17.2. The summed E-state index contributed by atoms with van der Waals surface area (Å²) in [5.74, 6) is -0.186. The molecule has 2 N–H and O–H groups in total. The average molecular weight is 321 g/mol. The van der Waals surface area contributed by atoms with Crippen molar-refractivity contribution in [2.24, 2.45) is 5.73 Å². The van der Waals surface area contributed by atoms with Crippen LogP contribution in [0.4, 0.5) is 4.39 Å². The van der Waals surface area contributed by atoms with Crippen LogP contribution in [0.3, 0.4) is 0 Å². The minimum Gasteiger partial charge on any atom is -0.373 e. The molecule has 1 heterocycles. The molecule has 0 spiro atoms. The molecule has 0 radical (unpaired) electrons. The summed E-state index contributed by atoms with van der Waals surface area (Å²) in [5, 5.41) is 1.10. The number of aromatic nitrogens is 1. The van der Waals surface area contributed by atoms with Crippen LogP contribution in [0.5, 0.6) is 0 Å². The van der Waals surface area contributed by atoms with Crippen LogP contribution in [0.1, 0.15) is 47.1 Å². The van der Waals surface area contributed by atoms with Gasteiger partial charge in [0.1, 0.15) is 5.82 Å². The molecular formula is C18H29FN2Si. The van der Waals surface area contributed by atoms with Crippen LogP contribution in [0.15, 0.2) is 24.4 Å². The third-order valence-corrected chi connectivity index (χ3v) is 12.0. The molecule has 1 aromatic carbocycles. The van der Waals surface area contributed by atoms with Crippen LogP contribution in [0, 0.1) is 5.82 Å². The lowest BCUT2D eigenvalue weighted by molar-refractivity contribution is 0.612. The highest BCUT2D eigenvalue weighted by Crippen LogP contribution is 2.44. The fourth-order valence-corrected chi connectivity index (χ4v) is 11.1. The highest BCUT2D eigenvalue weighted by Gasteiger charge is 2.45. The Morgan fingerprint density at radius 3 is 2.05 bits per heavy atom. The van der Waals surface area contributed by atoms with Crippen molar-refractivity contribution in [3.8, 4) is 0 Å². The minimum absolute atomic E-state index is 0.186. The first-order valence-corrected chi connectivity index (χ1v) is 10.4. The zero-order valence-corrected chi connectivity index (χ0v) is 15.7. The van der Waals surface area contributed by atoms with E-state index in [1.165, 1.54) is 0 Å². The van der Waals surface area contributed by atoms with Gasteiger partial charge in [-0.2, -0.15) is 0 Å². The molecule has 1 aromatic heterocycles. The molecule has 0 aliphatic heterocycles. The van der Waals surface area contributed by atoms with E-state index < -0.39 is 8.24 Å². The molecule has 22 heavy (non-hydrogen) atoms. The van der Waals surface area contributed by atoms with E-state index in [4.69, 9.17) is 5.73 Å². The normalized spacial score (nSPS) is 13.0. The SMILES string of the molecule is CC(C)[Si](C(C)C)(C(C)C)n1ccc2cc(CN)c(F)cc21. The molecule has 0 saturated carbocycles. The second-order valence-electron chi connectivity index (χ2n) is 7.24. The van der Waals surface area contributed by atoms with E-state index in [0.717, 1.165) is 10.9 Å². The molecule has 4 heteroatoms. The number of hydrogen-bond acceptors (Lipinski definition) is 1. The number of nitrogens with two attached hydrogens (primary N) is 1. The van der Waals surface area contributed by atoms with E-state index in [2.05, 4.69) is 58.0 Å². The molecule has 2 nitrogen and oxygen atoms in total. The van der Waals surface area contributed by atoms with Gasteiger partial charge in [-0.25, -0.2) is 4.39 Å². The fourth-order valence-electron chi connectivity index (χ4n) is 4.53. The van der Waals surface area contributed by atoms with E-state index in [-0.39, 0.29) is 12.4 Å². The Bertz CT molecular complexity index is 637. The maximum atomic E-state index is 14.3. The summed E-state index contributed by atoms with van der Waals surface area (Å²) < 4.78 is 16.7. The second-order valence-corrected chi connectivity index (χ2v) is 13.0. The standard InChI is InChI=1S/C18H29FN2Si/c1-12(2)22(13(3)4,14(5)6)21-8-7-15-9-16(11-20)17(19)10-18(15)21/h7-10,12-14H,11,20H2,1-6H3. The zero-order valence-electron chi connectivity index (χ0n) is 14.7. The Balaban J connectivity index is 2.78. The van der Waals surface area contributed by atoms with Crippen molar-refractivity contribution in [2.75, 3.05) is 0 Å². The van der Waals surface area contributed by atoms with E-state index in [1.807, 2.05) is 6.07 Å². The monoisotopic (exact) mass is 320 g/mol. The van der Waals surface area contributed by atoms with Crippen molar-refractivity contribution in [2.45, 2.75) is 64.7 Å². The van der Waals surface area contributed by atoms with Crippen LogP contribution >= 0.6 is 0 Å². The van der Waals surface area contributed by atoms with Gasteiger partial charge in [-0.05, 0) is 46.4 Å². The summed E-state index contributed by atoms with van der Waals surface area (Å²) in [6.45, 7) is 14.2. The molecule has 0 aliphatic carbocycles. The number of nitrogens with zero attached hydrogens (tertiary/aromatic N) is 1. The summed E-state index contributed by atoms with van der Waals surface area (Å²) in [7, 11) is -1.85. The van der Waals surface area contributed by atoms with Gasteiger partial charge in [-0.15, -0.1) is 0 Å². The van der Waals surface area contributed by atoms with Crippen molar-refractivity contribution in [1.29, 1.82) is 0 Å². The summed E-state index contributed by atoms with van der Waals surface area (Å²) in [5.41, 5.74) is 9.01. The van der Waals surface area contributed by atoms with Gasteiger partial charge in [0.05, 0.1) is 0 Å². The number of hydrogen-bond donors (Lipinski definition) is 1. The molecule has 2 aromatic rings. The van der Waals surface area contributed by atoms with Gasteiger partial charge in [0.2, 0.25) is 0 Å². The Morgan fingerprint density at radius 2 is 1.59 bits per heavy atom. The van der Waals surface area contributed by atoms with E-state index in [0.29, 0.717) is 22.2 Å². The van der Waals surface area contributed by atoms with Gasteiger partial charge >= 0.3 is 0 Å². The average Bonchev–Trinajstić information content (AvgIpc) is 2.80. The van der Waals surface area contributed by atoms with Gasteiger partial charge in [0.25, 0.3) is 0 Å². The summed E-state index contributed by atoms with van der Waals surface area (Å²) in [6.07, 6.45) is 2.18. The van der Waals surface area contributed by atoms with Crippen molar-refractivity contribution in [3.05, 3.63) is 35.8 Å². The number of rotatable bonds is 5. The lowest BCUT2D eigenvalue weighted by Gasteiger charge is -2.44. The van der Waals surface area contributed by atoms with Crippen LogP contribution in [-0.2, 0) is 6.54 Å². The van der Waals surface area contributed by atoms with Crippen molar-refractivity contribution in [1.82, 2.24) is 4.23 Å². The topological polar surface area (TPSA) is 30.9 Å². The molecule has 2 rings (SSSR count). The molecule has 0 atom stereocenters. The van der Waals surface area contributed by atoms with Crippen molar-refractivity contribution in [3.63, 3.8) is 0 Å². The number of halogens is 1. The highest BCUT2D eigenvalue weighted by molar-refractivity contribution is 6.82. The van der Waals surface area contributed by atoms with Crippen molar-refractivity contribution < 1.29 is 4.39 Å². The Morgan fingerprint density at radius 1 is 1.05 bits per heavy atom. The molecule has 122 valence electrons. The lowest BCUT2D eigenvalue weighted by atomic mass is 10.1. The van der Waals surface area contributed by atoms with E-state index in [9.17, 15) is 4.39 Å². The predicted molar refractivity (Wildman–Crippen MR) is 96.2 cm³/mol. The fraction of sp³-hybridized carbons (Fsp3) is 0.556. The lowest BCUT2D eigenvalue weighted by Crippen LogP contribution is -2.51. The number of benzene rings is 1. The molecule has 0 aliphatic rings. The Hall–Kier alpha value is -1.13. The van der Waals surface area contributed by atoms with Crippen LogP contribution in [0.25, 0.3) is 10.9 Å². The van der Waals surface area contributed by atoms with Gasteiger partial charge in [-0.1, -0.05) is 41.5 Å². The first-order chi connectivity index (χ1) is 10.3. The van der Waals surface area contributed by atoms with Crippen molar-refractivity contribution >= 4 is 19.1 Å². The molecule has 0 unspecified atom stereocenters. The summed E-state index contributed by atoms with van der Waals surface area (Å²) >= 11 is 0. The summed E-state index contributed by atoms with van der Waals surface area (Å²) in [6, 6.07) is 5.70. The van der Waals surface area contributed by atoms with E-state index in [1.54, 1.807) is 6.07 Å². The first-order valence-electron chi connectivity index (χ1n) is 8.26. The molecule has 0 saturated heterocycles. The highest BCUT2D eigenvalue weighted by atomic mass is 28.3. The van der Waals surface area contributed by atoms with Crippen LogP contribution in [0.2, 0.25) is 16.6 Å². The van der Waals surface area contributed by atoms with Gasteiger partial charge in [0, 0.05) is 17.6 Å². The quantitative estimate of drug-likeness (QED) is 0.748. The van der Waals surface area contributed by atoms with Crippen LogP contribution < -0.4 is 5.73 Å². The molecular weight excluding hydrogens is 291 g/mol. The maximum Gasteiger partial charge on any atom is 0.169 e. The molecule has 0 amide bonds. The third kappa shape index (κ3) is 2.42. The van der Waals surface area contributed by atoms with Gasteiger partial charge < -0.3 is 9.97 Å². The summed E-state index contributed by atoms with van der Waals surface area (Å²) in [4.78, 5) is 0. The van der Waals surface area contributed by atoms with Crippen LogP contribution in [-0.4, -0.2) is 12.5 Å². The van der Waals surface area contributed by atoms with E-state index >= 15 is 0 Å². The number of fused-ring (bicyclic) bond motifs is 1. The minimum atomic E-state index is -1.85. The Kier molecular flexibility index (Phi) is 4.83. The third-order valence-electron chi connectivity index (χ3n) is 5.27. The van der Waals surface area contributed by atoms with Gasteiger partial charge in [0.15, 0.2) is 8.24 Å². The molecule has 0 bridgehead atoms.